The maximum atomic E-state index is 13.7. The average molecular weight is 600 g/mol. The fourth-order valence-corrected chi connectivity index (χ4v) is 10.5. The van der Waals surface area contributed by atoms with Crippen LogP contribution >= 0.6 is 0 Å². The Labute approximate surface area is 255 Å². The third-order valence-corrected chi connectivity index (χ3v) is 12.9. The minimum atomic E-state index is -2.78. The zero-order chi connectivity index (χ0) is 30.8. The van der Waals surface area contributed by atoms with Gasteiger partial charge in [-0.15, -0.1) is 0 Å². The SMILES string of the molecule is CC(C)(C)OC(=O)N1CCc2c(CO[Si](c3ccccc3)(c3ccccc3)C(C)(C)C)nn(Cc3ccc(F)cc3)c2C1. The fraction of sp³-hybridized carbons (Fsp3) is 0.371. The van der Waals surface area contributed by atoms with E-state index in [-0.39, 0.29) is 16.9 Å². The number of aromatic nitrogens is 2. The van der Waals surface area contributed by atoms with E-state index in [0.717, 1.165) is 22.5 Å². The van der Waals surface area contributed by atoms with Crippen LogP contribution in [0, 0.1) is 5.82 Å². The molecule has 1 aromatic heterocycles. The largest absolute Gasteiger partial charge is 0.444 e. The zero-order valence-electron chi connectivity index (χ0n) is 26.1. The molecule has 0 atom stereocenters. The van der Waals surface area contributed by atoms with Gasteiger partial charge in [-0.25, -0.2) is 9.18 Å². The van der Waals surface area contributed by atoms with E-state index in [4.69, 9.17) is 14.3 Å². The van der Waals surface area contributed by atoms with Gasteiger partial charge in [0.05, 0.1) is 31.1 Å². The number of hydrogen-bond acceptors (Lipinski definition) is 4. The Morgan fingerprint density at radius 2 is 1.47 bits per heavy atom. The first-order valence-electron chi connectivity index (χ1n) is 14.9. The molecule has 0 aliphatic carbocycles. The normalized spacial score (nSPS) is 14.0. The topological polar surface area (TPSA) is 56.6 Å². The number of ether oxygens (including phenoxy) is 1. The lowest BCUT2D eigenvalue weighted by Crippen LogP contribution is -2.66. The number of hydrogen-bond donors (Lipinski definition) is 0. The van der Waals surface area contributed by atoms with Crippen molar-refractivity contribution in [2.75, 3.05) is 6.54 Å². The molecule has 0 spiro atoms. The van der Waals surface area contributed by atoms with E-state index in [9.17, 15) is 9.18 Å². The molecule has 0 fully saturated rings. The van der Waals surface area contributed by atoms with E-state index in [1.807, 2.05) is 37.6 Å². The first kappa shape index (κ1) is 30.7. The van der Waals surface area contributed by atoms with Crippen LogP contribution in [0.3, 0.4) is 0 Å². The van der Waals surface area contributed by atoms with Gasteiger partial charge in [0.2, 0.25) is 0 Å². The van der Waals surface area contributed by atoms with Crippen LogP contribution in [-0.4, -0.2) is 41.2 Å². The number of fused-ring (bicyclic) bond motifs is 1. The highest BCUT2D eigenvalue weighted by atomic mass is 28.4. The van der Waals surface area contributed by atoms with E-state index in [1.54, 1.807) is 17.0 Å². The quantitative estimate of drug-likeness (QED) is 0.230. The molecule has 0 saturated heterocycles. The van der Waals surface area contributed by atoms with Gasteiger partial charge in [-0.3, -0.25) is 4.68 Å². The highest BCUT2D eigenvalue weighted by molar-refractivity contribution is 6.99. The van der Waals surface area contributed by atoms with Crippen molar-refractivity contribution in [1.29, 1.82) is 0 Å². The van der Waals surface area contributed by atoms with Crippen LogP contribution in [0.1, 0.15) is 64.1 Å². The molecule has 0 unspecified atom stereocenters. The molecule has 4 aromatic rings. The van der Waals surface area contributed by atoms with Gasteiger partial charge < -0.3 is 14.1 Å². The van der Waals surface area contributed by atoms with Gasteiger partial charge in [0.25, 0.3) is 8.32 Å². The lowest BCUT2D eigenvalue weighted by molar-refractivity contribution is 0.0218. The summed E-state index contributed by atoms with van der Waals surface area (Å²) in [6.07, 6.45) is 0.315. The van der Waals surface area contributed by atoms with Gasteiger partial charge >= 0.3 is 6.09 Å². The minimum Gasteiger partial charge on any atom is -0.444 e. The van der Waals surface area contributed by atoms with Crippen LogP contribution in [0.15, 0.2) is 84.9 Å². The van der Waals surface area contributed by atoms with Crippen molar-refractivity contribution in [3.05, 3.63) is 113 Å². The molecule has 1 aliphatic rings. The Morgan fingerprint density at radius 1 is 0.884 bits per heavy atom. The van der Waals surface area contributed by atoms with Crippen LogP contribution in [0.25, 0.3) is 0 Å². The molecule has 226 valence electrons. The monoisotopic (exact) mass is 599 g/mol. The van der Waals surface area contributed by atoms with Gasteiger partial charge in [-0.1, -0.05) is 93.6 Å². The van der Waals surface area contributed by atoms with Crippen LogP contribution in [0.5, 0.6) is 0 Å². The third-order valence-electron chi connectivity index (χ3n) is 7.96. The van der Waals surface area contributed by atoms with Crippen molar-refractivity contribution in [1.82, 2.24) is 14.7 Å². The molecule has 43 heavy (non-hydrogen) atoms. The molecular formula is C35H42FN3O3Si. The van der Waals surface area contributed by atoms with Crippen LogP contribution in [-0.2, 0) is 35.3 Å². The second-order valence-corrected chi connectivity index (χ2v) is 17.6. The van der Waals surface area contributed by atoms with E-state index in [1.165, 1.54) is 22.5 Å². The van der Waals surface area contributed by atoms with Crippen molar-refractivity contribution in [2.45, 2.75) is 78.3 Å². The summed E-state index contributed by atoms with van der Waals surface area (Å²) in [5.41, 5.74) is 3.30. The molecule has 0 bridgehead atoms. The van der Waals surface area contributed by atoms with E-state index in [0.29, 0.717) is 32.7 Å². The summed E-state index contributed by atoms with van der Waals surface area (Å²) in [5.74, 6) is -0.276. The predicted molar refractivity (Wildman–Crippen MR) is 170 cm³/mol. The molecule has 6 nitrogen and oxygen atoms in total. The smallest absolute Gasteiger partial charge is 0.410 e. The first-order valence-corrected chi connectivity index (χ1v) is 16.8. The second kappa shape index (κ2) is 12.1. The summed E-state index contributed by atoms with van der Waals surface area (Å²) in [7, 11) is -2.78. The summed E-state index contributed by atoms with van der Waals surface area (Å²) < 4.78 is 28.6. The number of carbonyl (C=O) groups excluding carboxylic acids is 1. The van der Waals surface area contributed by atoms with Gasteiger partial charge in [-0.2, -0.15) is 5.10 Å². The molecule has 2 heterocycles. The molecular weight excluding hydrogens is 557 g/mol. The van der Waals surface area contributed by atoms with Crippen molar-refractivity contribution in [3.63, 3.8) is 0 Å². The molecule has 0 saturated carbocycles. The highest BCUT2D eigenvalue weighted by Crippen LogP contribution is 2.38. The maximum Gasteiger partial charge on any atom is 0.410 e. The Kier molecular flexibility index (Phi) is 8.63. The molecule has 5 rings (SSSR count). The molecule has 1 amide bonds. The minimum absolute atomic E-state index is 0.167. The first-order chi connectivity index (χ1) is 20.4. The number of nitrogens with zero attached hydrogens (tertiary/aromatic N) is 3. The summed E-state index contributed by atoms with van der Waals surface area (Å²) in [5, 5.41) is 7.35. The summed E-state index contributed by atoms with van der Waals surface area (Å²) >= 11 is 0. The Bertz CT molecular complexity index is 1500. The third kappa shape index (κ3) is 6.60. The van der Waals surface area contributed by atoms with Crippen molar-refractivity contribution in [2.24, 2.45) is 0 Å². The number of rotatable bonds is 7. The van der Waals surface area contributed by atoms with Crippen molar-refractivity contribution in [3.8, 4) is 0 Å². The Balaban J connectivity index is 1.54. The molecule has 8 heteroatoms. The van der Waals surface area contributed by atoms with Crippen molar-refractivity contribution < 1.29 is 18.3 Å². The number of halogens is 1. The summed E-state index contributed by atoms with van der Waals surface area (Å²) in [6.45, 7) is 14.1. The average Bonchev–Trinajstić information content (AvgIpc) is 3.30. The maximum absolute atomic E-state index is 13.7. The number of amides is 1. The van der Waals surface area contributed by atoms with Crippen LogP contribution in [0.2, 0.25) is 5.04 Å². The lowest BCUT2D eigenvalue weighted by atomic mass is 10.0. The fourth-order valence-electron chi connectivity index (χ4n) is 5.99. The number of carbonyl (C=O) groups is 1. The van der Waals surface area contributed by atoms with Gasteiger partial charge in [-0.05, 0) is 60.3 Å². The number of benzene rings is 3. The Morgan fingerprint density at radius 3 is 2.00 bits per heavy atom. The van der Waals surface area contributed by atoms with Gasteiger partial charge in [0, 0.05) is 12.1 Å². The molecule has 0 radical (unpaired) electrons. The van der Waals surface area contributed by atoms with Crippen LogP contribution < -0.4 is 10.4 Å². The van der Waals surface area contributed by atoms with E-state index < -0.39 is 13.9 Å². The van der Waals surface area contributed by atoms with Gasteiger partial charge in [0.1, 0.15) is 11.4 Å². The molecule has 1 aliphatic heterocycles. The summed E-state index contributed by atoms with van der Waals surface area (Å²) in [4.78, 5) is 14.8. The lowest BCUT2D eigenvalue weighted by Gasteiger charge is -2.43. The molecule has 0 N–H and O–H groups in total. The van der Waals surface area contributed by atoms with Crippen molar-refractivity contribution >= 4 is 24.8 Å². The van der Waals surface area contributed by atoms with E-state index >= 15 is 0 Å². The second-order valence-electron chi connectivity index (χ2n) is 13.3. The van der Waals surface area contributed by atoms with Gasteiger partial charge in [0.15, 0.2) is 0 Å². The Hall–Kier alpha value is -3.75. The molecule has 3 aromatic carbocycles. The van der Waals surface area contributed by atoms with Crippen LogP contribution in [0.4, 0.5) is 9.18 Å². The van der Waals surface area contributed by atoms with E-state index in [2.05, 4.69) is 69.3 Å². The summed E-state index contributed by atoms with van der Waals surface area (Å²) in [6, 6.07) is 27.6. The zero-order valence-corrected chi connectivity index (χ0v) is 27.1. The highest BCUT2D eigenvalue weighted by Gasteiger charge is 2.50. The standard InChI is InChI=1S/C35H42FN3O3Si/c1-34(2,3)42-33(40)38-22-21-30-31(37-39(32(30)24-38)23-26-17-19-27(36)20-18-26)25-41-43(35(4,5)6,28-13-9-7-10-14-28)29-15-11-8-12-16-29/h7-20H,21-25H2,1-6H3. The predicted octanol–water partition coefficient (Wildman–Crippen LogP) is 6.44.